The molecule has 2 N–H and O–H groups in total. The Kier molecular flexibility index (Phi) is 2.91. The maximum Gasteiger partial charge on any atom is 0.152 e. The Morgan fingerprint density at radius 1 is 1.20 bits per heavy atom. The first-order chi connectivity index (χ1) is 9.88. The van der Waals surface area contributed by atoms with Crippen LogP contribution in [0, 0.1) is 5.92 Å². The molecular weight excluding hydrogens is 248 g/mol. The van der Waals surface area contributed by atoms with Crippen molar-refractivity contribution in [2.45, 2.75) is 44.7 Å². The van der Waals surface area contributed by atoms with E-state index in [1.54, 1.807) is 0 Å². The van der Waals surface area contributed by atoms with Gasteiger partial charge in [0.15, 0.2) is 5.82 Å². The number of imidazole rings is 1. The van der Waals surface area contributed by atoms with Crippen molar-refractivity contribution >= 4 is 11.5 Å². The second-order valence-corrected chi connectivity index (χ2v) is 6.11. The standard InChI is InChI=1S/C16H22N4/c17-11-14-16(18-15-7-3-4-9-19(14)15)20-10-8-12-5-1-2-6-13(12)20/h3-4,7,9,12-13H,1-2,5-6,8,10-11,17H2. The van der Waals surface area contributed by atoms with Gasteiger partial charge in [-0.25, -0.2) is 4.98 Å². The van der Waals surface area contributed by atoms with Gasteiger partial charge in [-0.1, -0.05) is 18.9 Å². The predicted molar refractivity (Wildman–Crippen MR) is 80.8 cm³/mol. The van der Waals surface area contributed by atoms with Gasteiger partial charge in [-0.05, 0) is 37.3 Å². The quantitative estimate of drug-likeness (QED) is 0.912. The molecule has 4 heteroatoms. The molecule has 1 aliphatic carbocycles. The lowest BCUT2D eigenvalue weighted by molar-refractivity contribution is 0.341. The third-order valence-corrected chi connectivity index (χ3v) is 5.08. The minimum atomic E-state index is 0.550. The van der Waals surface area contributed by atoms with Crippen LogP contribution in [0.25, 0.3) is 5.65 Å². The first-order valence-corrected chi connectivity index (χ1v) is 7.81. The van der Waals surface area contributed by atoms with Crippen molar-refractivity contribution in [1.29, 1.82) is 0 Å². The first kappa shape index (κ1) is 12.2. The average molecular weight is 270 g/mol. The predicted octanol–water partition coefficient (Wildman–Crippen LogP) is 2.56. The largest absolute Gasteiger partial charge is 0.352 e. The van der Waals surface area contributed by atoms with E-state index in [-0.39, 0.29) is 0 Å². The highest BCUT2D eigenvalue weighted by molar-refractivity contribution is 5.57. The molecule has 0 aromatic carbocycles. The number of rotatable bonds is 2. The lowest BCUT2D eigenvalue weighted by Gasteiger charge is -2.32. The normalized spacial score (nSPS) is 26.1. The van der Waals surface area contributed by atoms with Crippen LogP contribution in [0.3, 0.4) is 0 Å². The van der Waals surface area contributed by atoms with Crippen LogP contribution >= 0.6 is 0 Å². The van der Waals surface area contributed by atoms with Gasteiger partial charge in [0.2, 0.25) is 0 Å². The number of pyridine rings is 1. The first-order valence-electron chi connectivity index (χ1n) is 7.81. The maximum absolute atomic E-state index is 6.01. The fourth-order valence-corrected chi connectivity index (χ4v) is 4.12. The van der Waals surface area contributed by atoms with Crippen LogP contribution < -0.4 is 10.6 Å². The molecular formula is C16H22N4. The van der Waals surface area contributed by atoms with E-state index in [9.17, 15) is 0 Å². The molecule has 1 saturated carbocycles. The highest BCUT2D eigenvalue weighted by Gasteiger charge is 2.37. The van der Waals surface area contributed by atoms with Crippen molar-refractivity contribution in [2.24, 2.45) is 11.7 Å². The molecule has 4 rings (SSSR count). The summed E-state index contributed by atoms with van der Waals surface area (Å²) in [5.41, 5.74) is 8.18. The van der Waals surface area contributed by atoms with Crippen LogP contribution in [-0.4, -0.2) is 22.0 Å². The molecule has 20 heavy (non-hydrogen) atoms. The molecule has 2 unspecified atom stereocenters. The van der Waals surface area contributed by atoms with E-state index in [1.807, 2.05) is 12.1 Å². The maximum atomic E-state index is 6.01. The highest BCUT2D eigenvalue weighted by atomic mass is 15.3. The monoisotopic (exact) mass is 270 g/mol. The molecule has 0 bridgehead atoms. The van der Waals surface area contributed by atoms with Crippen molar-refractivity contribution in [1.82, 2.24) is 9.38 Å². The molecule has 3 heterocycles. The zero-order chi connectivity index (χ0) is 13.5. The minimum Gasteiger partial charge on any atom is -0.352 e. The summed E-state index contributed by atoms with van der Waals surface area (Å²) in [6.07, 6.45) is 8.88. The third-order valence-electron chi connectivity index (χ3n) is 5.08. The van der Waals surface area contributed by atoms with Crippen molar-refractivity contribution in [3.05, 3.63) is 30.1 Å². The molecule has 2 atom stereocenters. The van der Waals surface area contributed by atoms with Gasteiger partial charge < -0.3 is 15.0 Å². The Balaban J connectivity index is 1.78. The van der Waals surface area contributed by atoms with Crippen LogP contribution in [0.1, 0.15) is 37.8 Å². The number of anilines is 1. The second kappa shape index (κ2) is 4.77. The molecule has 1 saturated heterocycles. The summed E-state index contributed by atoms with van der Waals surface area (Å²) in [5, 5.41) is 0. The summed E-state index contributed by atoms with van der Waals surface area (Å²) in [6, 6.07) is 6.85. The summed E-state index contributed by atoms with van der Waals surface area (Å²) in [4.78, 5) is 7.41. The second-order valence-electron chi connectivity index (χ2n) is 6.11. The fraction of sp³-hybridized carbons (Fsp3) is 0.562. The molecule has 4 nitrogen and oxygen atoms in total. The van der Waals surface area contributed by atoms with Crippen LogP contribution in [-0.2, 0) is 6.54 Å². The summed E-state index contributed by atoms with van der Waals surface area (Å²) in [7, 11) is 0. The zero-order valence-corrected chi connectivity index (χ0v) is 11.8. The van der Waals surface area contributed by atoms with Crippen molar-refractivity contribution in [3.63, 3.8) is 0 Å². The van der Waals surface area contributed by atoms with Gasteiger partial charge in [0.1, 0.15) is 5.65 Å². The van der Waals surface area contributed by atoms with Gasteiger partial charge in [-0.3, -0.25) is 0 Å². The van der Waals surface area contributed by atoms with Gasteiger partial charge >= 0.3 is 0 Å². The Labute approximate surface area is 119 Å². The van der Waals surface area contributed by atoms with E-state index in [2.05, 4.69) is 21.6 Å². The topological polar surface area (TPSA) is 46.6 Å². The molecule has 2 fully saturated rings. The number of hydrogen-bond acceptors (Lipinski definition) is 3. The molecule has 0 radical (unpaired) electrons. The lowest BCUT2D eigenvalue weighted by Crippen LogP contribution is -2.35. The minimum absolute atomic E-state index is 0.550. The van der Waals surface area contributed by atoms with E-state index in [0.29, 0.717) is 12.6 Å². The Bertz CT molecular complexity index is 618. The summed E-state index contributed by atoms with van der Waals surface area (Å²) in [6.45, 7) is 1.70. The summed E-state index contributed by atoms with van der Waals surface area (Å²) >= 11 is 0. The summed E-state index contributed by atoms with van der Waals surface area (Å²) in [5.74, 6) is 2.01. The van der Waals surface area contributed by atoms with Crippen molar-refractivity contribution < 1.29 is 0 Å². The number of nitrogens with zero attached hydrogens (tertiary/aromatic N) is 3. The Morgan fingerprint density at radius 3 is 3.00 bits per heavy atom. The van der Waals surface area contributed by atoms with E-state index in [1.165, 1.54) is 32.1 Å². The molecule has 106 valence electrons. The van der Waals surface area contributed by atoms with Crippen LogP contribution in [0.15, 0.2) is 24.4 Å². The van der Waals surface area contributed by atoms with E-state index < -0.39 is 0 Å². The van der Waals surface area contributed by atoms with Gasteiger partial charge in [0, 0.05) is 25.3 Å². The molecule has 2 aliphatic rings. The zero-order valence-electron chi connectivity index (χ0n) is 11.8. The van der Waals surface area contributed by atoms with Gasteiger partial charge in [-0.15, -0.1) is 0 Å². The number of nitrogens with two attached hydrogens (primary N) is 1. The van der Waals surface area contributed by atoms with Gasteiger partial charge in [0.25, 0.3) is 0 Å². The lowest BCUT2D eigenvalue weighted by atomic mass is 9.85. The number of hydrogen-bond donors (Lipinski definition) is 1. The van der Waals surface area contributed by atoms with Gasteiger partial charge in [-0.2, -0.15) is 0 Å². The van der Waals surface area contributed by atoms with Gasteiger partial charge in [0.05, 0.1) is 5.69 Å². The van der Waals surface area contributed by atoms with E-state index in [4.69, 9.17) is 10.7 Å². The van der Waals surface area contributed by atoms with E-state index in [0.717, 1.165) is 29.6 Å². The third kappa shape index (κ3) is 1.74. The number of aromatic nitrogens is 2. The van der Waals surface area contributed by atoms with E-state index >= 15 is 0 Å². The fourth-order valence-electron chi connectivity index (χ4n) is 4.12. The SMILES string of the molecule is NCc1c(N2CCC3CCCCC32)nc2ccccn12. The molecule has 2 aromatic heterocycles. The highest BCUT2D eigenvalue weighted by Crippen LogP contribution is 2.39. The van der Waals surface area contributed by atoms with Crippen LogP contribution in [0.5, 0.6) is 0 Å². The molecule has 0 amide bonds. The van der Waals surface area contributed by atoms with Crippen molar-refractivity contribution in [3.8, 4) is 0 Å². The molecule has 1 aliphatic heterocycles. The van der Waals surface area contributed by atoms with Crippen molar-refractivity contribution in [2.75, 3.05) is 11.4 Å². The Morgan fingerprint density at radius 2 is 2.10 bits per heavy atom. The van der Waals surface area contributed by atoms with Crippen LogP contribution in [0.4, 0.5) is 5.82 Å². The average Bonchev–Trinajstić information content (AvgIpc) is 3.07. The number of fused-ring (bicyclic) bond motifs is 2. The summed E-state index contributed by atoms with van der Waals surface area (Å²) < 4.78 is 2.14. The van der Waals surface area contributed by atoms with Crippen LogP contribution in [0.2, 0.25) is 0 Å². The molecule has 0 spiro atoms. The smallest absolute Gasteiger partial charge is 0.152 e. The molecule has 2 aromatic rings. The Hall–Kier alpha value is -1.55.